The first-order valence-electron chi connectivity index (χ1n) is 6.12. The molecule has 1 aromatic rings. The molecule has 1 heterocycles. The maximum atomic E-state index is 12.0. The number of anilines is 1. The quantitative estimate of drug-likeness (QED) is 0.899. The summed E-state index contributed by atoms with van der Waals surface area (Å²) in [5.41, 5.74) is 5.64. The van der Waals surface area contributed by atoms with E-state index in [0.717, 1.165) is 37.1 Å². The van der Waals surface area contributed by atoms with Crippen molar-refractivity contribution in [2.75, 3.05) is 11.9 Å². The van der Waals surface area contributed by atoms with Crippen molar-refractivity contribution in [3.05, 3.63) is 11.1 Å². The predicted molar refractivity (Wildman–Crippen MR) is 77.2 cm³/mol. The molecule has 1 amide bonds. The molecular weight excluding hydrogens is 270 g/mol. The van der Waals surface area contributed by atoms with Crippen LogP contribution < -0.4 is 11.1 Å². The summed E-state index contributed by atoms with van der Waals surface area (Å²) in [6.45, 7) is 2.74. The van der Waals surface area contributed by atoms with Crippen molar-refractivity contribution in [1.82, 2.24) is 4.98 Å². The highest BCUT2D eigenvalue weighted by atomic mass is 35.5. The van der Waals surface area contributed by atoms with Crippen LogP contribution in [0.1, 0.15) is 30.6 Å². The summed E-state index contributed by atoms with van der Waals surface area (Å²) in [7, 11) is 0. The van der Waals surface area contributed by atoms with Gasteiger partial charge in [-0.25, -0.2) is 4.98 Å². The van der Waals surface area contributed by atoms with Crippen LogP contribution in [-0.4, -0.2) is 17.4 Å². The topological polar surface area (TPSA) is 68.0 Å². The number of carbonyl (C=O) groups excluding carboxylic acids is 1. The number of hydrogen-bond donors (Lipinski definition) is 2. The molecule has 0 radical (unpaired) electrons. The van der Waals surface area contributed by atoms with Crippen LogP contribution in [0.2, 0.25) is 0 Å². The SMILES string of the molecule is Cc1cnc(NC(=O)C2CCC(CN)CC2)s1.Cl. The van der Waals surface area contributed by atoms with E-state index in [1.54, 1.807) is 6.20 Å². The second-order valence-electron chi connectivity index (χ2n) is 4.72. The number of nitrogens with two attached hydrogens (primary N) is 1. The molecule has 1 aliphatic carbocycles. The van der Waals surface area contributed by atoms with Gasteiger partial charge in [0.1, 0.15) is 0 Å². The minimum Gasteiger partial charge on any atom is -0.330 e. The van der Waals surface area contributed by atoms with Gasteiger partial charge in [0.2, 0.25) is 5.91 Å². The van der Waals surface area contributed by atoms with Crippen LogP contribution in [0.3, 0.4) is 0 Å². The highest BCUT2D eigenvalue weighted by Gasteiger charge is 2.25. The Hall–Kier alpha value is -0.650. The molecule has 1 fully saturated rings. The Morgan fingerprint density at radius 1 is 1.50 bits per heavy atom. The Bertz CT molecular complexity index is 388. The average Bonchev–Trinajstić information content (AvgIpc) is 2.75. The molecule has 0 saturated heterocycles. The largest absolute Gasteiger partial charge is 0.330 e. The number of thiazole rings is 1. The van der Waals surface area contributed by atoms with Crippen molar-refractivity contribution >= 4 is 34.8 Å². The number of aromatic nitrogens is 1. The smallest absolute Gasteiger partial charge is 0.229 e. The van der Waals surface area contributed by atoms with Crippen LogP contribution >= 0.6 is 23.7 Å². The lowest BCUT2D eigenvalue weighted by molar-refractivity contribution is -0.121. The molecule has 0 aromatic carbocycles. The van der Waals surface area contributed by atoms with E-state index in [1.165, 1.54) is 11.3 Å². The first-order chi connectivity index (χ1) is 8.19. The Morgan fingerprint density at radius 2 is 2.17 bits per heavy atom. The van der Waals surface area contributed by atoms with Crippen LogP contribution in [0.5, 0.6) is 0 Å². The number of rotatable bonds is 3. The lowest BCUT2D eigenvalue weighted by atomic mass is 9.82. The molecule has 0 atom stereocenters. The normalized spacial score (nSPS) is 23.2. The molecule has 1 aliphatic rings. The number of hydrogen-bond acceptors (Lipinski definition) is 4. The van der Waals surface area contributed by atoms with E-state index in [4.69, 9.17) is 5.73 Å². The first kappa shape index (κ1) is 15.4. The summed E-state index contributed by atoms with van der Waals surface area (Å²) in [6, 6.07) is 0. The molecule has 4 nitrogen and oxygen atoms in total. The molecule has 0 unspecified atom stereocenters. The first-order valence-corrected chi connectivity index (χ1v) is 6.94. The molecule has 1 saturated carbocycles. The summed E-state index contributed by atoms with van der Waals surface area (Å²) >= 11 is 1.52. The van der Waals surface area contributed by atoms with E-state index < -0.39 is 0 Å². The standard InChI is InChI=1S/C12H19N3OS.ClH/c1-8-7-14-12(17-8)15-11(16)10-4-2-9(6-13)3-5-10;/h7,9-10H,2-6,13H2,1H3,(H,14,15,16);1H. The molecule has 2 rings (SSSR count). The lowest BCUT2D eigenvalue weighted by Crippen LogP contribution is -2.29. The van der Waals surface area contributed by atoms with Crippen LogP contribution in [-0.2, 0) is 4.79 Å². The van der Waals surface area contributed by atoms with Crippen LogP contribution in [0.25, 0.3) is 0 Å². The van der Waals surface area contributed by atoms with Crippen LogP contribution in [0.15, 0.2) is 6.20 Å². The summed E-state index contributed by atoms with van der Waals surface area (Å²) in [6.07, 6.45) is 5.85. The fourth-order valence-electron chi connectivity index (χ4n) is 2.28. The molecule has 18 heavy (non-hydrogen) atoms. The summed E-state index contributed by atoms with van der Waals surface area (Å²) in [5, 5.41) is 3.62. The Labute approximate surface area is 118 Å². The third-order valence-electron chi connectivity index (χ3n) is 3.40. The van der Waals surface area contributed by atoms with Crippen molar-refractivity contribution in [1.29, 1.82) is 0 Å². The van der Waals surface area contributed by atoms with Gasteiger partial charge in [-0.1, -0.05) is 0 Å². The van der Waals surface area contributed by atoms with Gasteiger partial charge in [-0.15, -0.1) is 23.7 Å². The van der Waals surface area contributed by atoms with Crippen LogP contribution in [0.4, 0.5) is 5.13 Å². The molecule has 102 valence electrons. The zero-order valence-electron chi connectivity index (χ0n) is 10.5. The fraction of sp³-hybridized carbons (Fsp3) is 0.667. The van der Waals surface area contributed by atoms with Gasteiger partial charge in [0.25, 0.3) is 0 Å². The van der Waals surface area contributed by atoms with Gasteiger partial charge >= 0.3 is 0 Å². The second kappa shape index (κ2) is 7.07. The Morgan fingerprint density at radius 3 is 2.67 bits per heavy atom. The van der Waals surface area contributed by atoms with Gasteiger partial charge in [0.15, 0.2) is 5.13 Å². The zero-order valence-corrected chi connectivity index (χ0v) is 12.1. The van der Waals surface area contributed by atoms with Crippen molar-refractivity contribution in [3.63, 3.8) is 0 Å². The van der Waals surface area contributed by atoms with Gasteiger partial charge in [-0.2, -0.15) is 0 Å². The predicted octanol–water partition coefficient (Wildman–Crippen LogP) is 2.58. The maximum absolute atomic E-state index is 12.0. The number of carbonyl (C=O) groups is 1. The van der Waals surface area contributed by atoms with Crippen molar-refractivity contribution in [2.24, 2.45) is 17.6 Å². The third-order valence-corrected chi connectivity index (χ3v) is 4.23. The number of halogens is 1. The second-order valence-corrected chi connectivity index (χ2v) is 5.95. The highest BCUT2D eigenvalue weighted by molar-refractivity contribution is 7.15. The van der Waals surface area contributed by atoms with E-state index >= 15 is 0 Å². The van der Waals surface area contributed by atoms with E-state index in [9.17, 15) is 4.79 Å². The van der Waals surface area contributed by atoms with E-state index in [1.807, 2.05) is 6.92 Å². The highest BCUT2D eigenvalue weighted by Crippen LogP contribution is 2.29. The number of nitrogens with zero attached hydrogens (tertiary/aromatic N) is 1. The molecule has 0 spiro atoms. The van der Waals surface area contributed by atoms with Gasteiger partial charge in [-0.05, 0) is 45.1 Å². The minimum absolute atomic E-state index is 0. The summed E-state index contributed by atoms with van der Waals surface area (Å²) in [4.78, 5) is 17.3. The van der Waals surface area contributed by atoms with E-state index in [-0.39, 0.29) is 24.2 Å². The molecule has 6 heteroatoms. The molecule has 0 bridgehead atoms. The maximum Gasteiger partial charge on any atom is 0.229 e. The minimum atomic E-state index is 0. The molecule has 0 aliphatic heterocycles. The average molecular weight is 290 g/mol. The van der Waals surface area contributed by atoms with Gasteiger partial charge in [-0.3, -0.25) is 4.79 Å². The zero-order chi connectivity index (χ0) is 12.3. The van der Waals surface area contributed by atoms with Crippen molar-refractivity contribution in [2.45, 2.75) is 32.6 Å². The summed E-state index contributed by atoms with van der Waals surface area (Å²) < 4.78 is 0. The van der Waals surface area contributed by atoms with Crippen LogP contribution in [0, 0.1) is 18.8 Å². The number of aryl methyl sites for hydroxylation is 1. The summed E-state index contributed by atoms with van der Waals surface area (Å²) in [5.74, 6) is 0.873. The molecular formula is C12H20ClN3OS. The molecule has 3 N–H and O–H groups in total. The number of nitrogens with one attached hydrogen (secondary N) is 1. The lowest BCUT2D eigenvalue weighted by Gasteiger charge is -2.26. The van der Waals surface area contributed by atoms with Crippen molar-refractivity contribution in [3.8, 4) is 0 Å². The number of amides is 1. The molecule has 1 aromatic heterocycles. The Kier molecular flexibility index (Phi) is 6.05. The fourth-order valence-corrected chi connectivity index (χ4v) is 2.95. The van der Waals surface area contributed by atoms with E-state index in [0.29, 0.717) is 11.0 Å². The van der Waals surface area contributed by atoms with Crippen molar-refractivity contribution < 1.29 is 4.79 Å². The van der Waals surface area contributed by atoms with E-state index in [2.05, 4.69) is 10.3 Å². The van der Waals surface area contributed by atoms with Gasteiger partial charge in [0.05, 0.1) is 0 Å². The van der Waals surface area contributed by atoms with Gasteiger partial charge in [0, 0.05) is 17.0 Å². The Balaban J connectivity index is 0.00000162. The monoisotopic (exact) mass is 289 g/mol. The third kappa shape index (κ3) is 3.93. The van der Waals surface area contributed by atoms with Gasteiger partial charge < -0.3 is 11.1 Å².